The first-order valence-electron chi connectivity index (χ1n) is 9.61. The van der Waals surface area contributed by atoms with Crippen LogP contribution in [0.15, 0.2) is 65.7 Å². The summed E-state index contributed by atoms with van der Waals surface area (Å²) in [6.07, 6.45) is 1.47. The van der Waals surface area contributed by atoms with Crippen LogP contribution in [0.2, 0.25) is 20.1 Å². The van der Waals surface area contributed by atoms with Gasteiger partial charge in [-0.1, -0.05) is 58.5 Å². The summed E-state index contributed by atoms with van der Waals surface area (Å²) in [7, 11) is 0. The molecule has 4 aromatic rings. The fourth-order valence-electron chi connectivity index (χ4n) is 3.12. The van der Waals surface area contributed by atoms with Crippen molar-refractivity contribution in [3.05, 3.63) is 96.9 Å². The minimum absolute atomic E-state index is 0.228. The van der Waals surface area contributed by atoms with Crippen molar-refractivity contribution in [3.63, 3.8) is 0 Å². The molecule has 3 aromatic carbocycles. The Balaban J connectivity index is 1.51. The molecule has 0 saturated carbocycles. The summed E-state index contributed by atoms with van der Waals surface area (Å²) in [5, 5.41) is 4.45. The molecular formula is C23H15Cl4N3O3. The lowest BCUT2D eigenvalue weighted by Gasteiger charge is -2.11. The second kappa shape index (κ2) is 10.0. The summed E-state index contributed by atoms with van der Waals surface area (Å²) in [5.41, 5.74) is 1.47. The first-order valence-corrected chi connectivity index (χ1v) is 11.1. The first-order chi connectivity index (χ1) is 15.8. The molecule has 4 rings (SSSR count). The summed E-state index contributed by atoms with van der Waals surface area (Å²) >= 11 is 24.0. The van der Waals surface area contributed by atoms with Gasteiger partial charge in [0, 0.05) is 5.69 Å². The monoisotopic (exact) mass is 521 g/mol. The molecule has 0 atom stereocenters. The molecule has 0 aliphatic rings. The molecule has 1 amide bonds. The summed E-state index contributed by atoms with van der Waals surface area (Å²) in [4.78, 5) is 29.7. The van der Waals surface area contributed by atoms with E-state index >= 15 is 0 Å². The highest BCUT2D eigenvalue weighted by Gasteiger charge is 2.11. The molecule has 0 aliphatic carbocycles. The minimum Gasteiger partial charge on any atom is -0.482 e. The van der Waals surface area contributed by atoms with E-state index in [-0.39, 0.29) is 23.7 Å². The SMILES string of the molecule is O=C(COc1cccc(Cl)c1Cl)Nc1ccc2ncn(Cc3ccc(Cl)c(Cl)c3)c(=O)c2c1. The van der Waals surface area contributed by atoms with E-state index in [9.17, 15) is 9.59 Å². The maximum absolute atomic E-state index is 13.0. The van der Waals surface area contributed by atoms with Crippen molar-refractivity contribution in [1.29, 1.82) is 0 Å². The lowest BCUT2D eigenvalue weighted by Crippen LogP contribution is -2.22. The van der Waals surface area contributed by atoms with Crippen LogP contribution in [-0.4, -0.2) is 22.1 Å². The number of hydrogen-bond donors (Lipinski definition) is 1. The fourth-order valence-corrected chi connectivity index (χ4v) is 3.79. The Hall–Kier alpha value is -2.77. The molecule has 0 spiro atoms. The molecule has 1 aromatic heterocycles. The number of nitrogens with zero attached hydrogens (tertiary/aromatic N) is 2. The predicted octanol–water partition coefficient (Wildman–Crippen LogP) is 6.08. The van der Waals surface area contributed by atoms with Crippen LogP contribution in [0.1, 0.15) is 5.56 Å². The molecule has 10 heteroatoms. The largest absolute Gasteiger partial charge is 0.482 e. The lowest BCUT2D eigenvalue weighted by atomic mass is 10.2. The van der Waals surface area contributed by atoms with Crippen LogP contribution < -0.4 is 15.6 Å². The van der Waals surface area contributed by atoms with Crippen LogP contribution >= 0.6 is 46.4 Å². The molecule has 168 valence electrons. The number of amides is 1. The highest BCUT2D eigenvalue weighted by molar-refractivity contribution is 6.43. The van der Waals surface area contributed by atoms with Crippen LogP contribution in [0, 0.1) is 0 Å². The summed E-state index contributed by atoms with van der Waals surface area (Å²) in [6.45, 7) is -0.0177. The smallest absolute Gasteiger partial charge is 0.262 e. The van der Waals surface area contributed by atoms with Gasteiger partial charge in [-0.25, -0.2) is 4.98 Å². The number of ether oxygens (including phenoxy) is 1. The van der Waals surface area contributed by atoms with Crippen LogP contribution in [-0.2, 0) is 11.3 Å². The molecule has 0 saturated heterocycles. The Labute approximate surface area is 208 Å². The maximum Gasteiger partial charge on any atom is 0.262 e. The molecule has 0 fully saturated rings. The van der Waals surface area contributed by atoms with Gasteiger partial charge in [0.1, 0.15) is 10.8 Å². The zero-order valence-electron chi connectivity index (χ0n) is 16.8. The summed E-state index contributed by atoms with van der Waals surface area (Å²) in [5.74, 6) is -0.127. The molecule has 0 bridgehead atoms. The number of anilines is 1. The van der Waals surface area contributed by atoms with Gasteiger partial charge in [-0.15, -0.1) is 0 Å². The number of rotatable bonds is 6. The third kappa shape index (κ3) is 5.42. The second-order valence-corrected chi connectivity index (χ2v) is 8.65. The van der Waals surface area contributed by atoms with Crippen molar-refractivity contribution in [2.75, 3.05) is 11.9 Å². The van der Waals surface area contributed by atoms with Gasteiger partial charge in [0.25, 0.3) is 11.5 Å². The van der Waals surface area contributed by atoms with E-state index in [1.807, 2.05) is 0 Å². The summed E-state index contributed by atoms with van der Waals surface area (Å²) < 4.78 is 6.90. The molecule has 1 heterocycles. The van der Waals surface area contributed by atoms with Gasteiger partial charge in [0.05, 0.1) is 38.8 Å². The third-order valence-corrected chi connectivity index (χ3v) is 6.26. The molecular weight excluding hydrogens is 508 g/mol. The Morgan fingerprint density at radius 1 is 0.970 bits per heavy atom. The van der Waals surface area contributed by atoms with Crippen LogP contribution in [0.5, 0.6) is 5.75 Å². The van der Waals surface area contributed by atoms with Gasteiger partial charge in [-0.2, -0.15) is 0 Å². The van der Waals surface area contributed by atoms with Crippen LogP contribution in [0.4, 0.5) is 5.69 Å². The molecule has 33 heavy (non-hydrogen) atoms. The van der Waals surface area contributed by atoms with E-state index in [1.165, 1.54) is 10.9 Å². The normalized spacial score (nSPS) is 10.9. The zero-order chi connectivity index (χ0) is 23.5. The van der Waals surface area contributed by atoms with E-state index in [2.05, 4.69) is 10.3 Å². The Morgan fingerprint density at radius 2 is 1.79 bits per heavy atom. The van der Waals surface area contributed by atoms with Crippen molar-refractivity contribution in [2.24, 2.45) is 0 Å². The molecule has 6 nitrogen and oxygen atoms in total. The van der Waals surface area contributed by atoms with Crippen molar-refractivity contribution >= 4 is 68.9 Å². The number of aromatic nitrogens is 2. The minimum atomic E-state index is -0.426. The average molecular weight is 523 g/mol. The van der Waals surface area contributed by atoms with Crippen LogP contribution in [0.3, 0.4) is 0 Å². The average Bonchev–Trinajstić information content (AvgIpc) is 2.79. The highest BCUT2D eigenvalue weighted by Crippen LogP contribution is 2.31. The van der Waals surface area contributed by atoms with Gasteiger partial charge in [-0.3, -0.25) is 14.2 Å². The van der Waals surface area contributed by atoms with Gasteiger partial charge >= 0.3 is 0 Å². The van der Waals surface area contributed by atoms with Gasteiger partial charge in [0.2, 0.25) is 0 Å². The van der Waals surface area contributed by atoms with E-state index in [0.29, 0.717) is 37.4 Å². The number of hydrogen-bond acceptors (Lipinski definition) is 4. The van der Waals surface area contributed by atoms with Crippen molar-refractivity contribution in [2.45, 2.75) is 6.54 Å². The number of nitrogens with one attached hydrogen (secondary N) is 1. The number of carbonyl (C=O) groups excluding carboxylic acids is 1. The molecule has 0 unspecified atom stereocenters. The number of carbonyl (C=O) groups is 1. The number of fused-ring (bicyclic) bond motifs is 1. The topological polar surface area (TPSA) is 73.2 Å². The van der Waals surface area contributed by atoms with Gasteiger partial charge in [0.15, 0.2) is 6.61 Å². The van der Waals surface area contributed by atoms with Crippen molar-refractivity contribution in [1.82, 2.24) is 9.55 Å². The number of halogens is 4. The Morgan fingerprint density at radius 3 is 2.58 bits per heavy atom. The predicted molar refractivity (Wildman–Crippen MR) is 132 cm³/mol. The number of benzene rings is 3. The third-order valence-electron chi connectivity index (χ3n) is 4.72. The van der Waals surface area contributed by atoms with Crippen molar-refractivity contribution in [3.8, 4) is 5.75 Å². The Kier molecular flexibility index (Phi) is 7.10. The van der Waals surface area contributed by atoms with Gasteiger partial charge < -0.3 is 10.1 Å². The van der Waals surface area contributed by atoms with E-state index in [0.717, 1.165) is 5.56 Å². The van der Waals surface area contributed by atoms with E-state index in [1.54, 1.807) is 54.6 Å². The quantitative estimate of drug-likeness (QED) is 0.333. The van der Waals surface area contributed by atoms with E-state index in [4.69, 9.17) is 51.1 Å². The van der Waals surface area contributed by atoms with Gasteiger partial charge in [-0.05, 0) is 48.0 Å². The second-order valence-electron chi connectivity index (χ2n) is 7.05. The maximum atomic E-state index is 13.0. The standard InChI is InChI=1S/C23H15Cl4N3O3/c24-16-6-4-13(8-18(16)26)10-30-12-28-19-7-5-14(9-15(19)23(30)32)29-21(31)11-33-20-3-1-2-17(25)22(20)27/h1-9,12H,10-11H2,(H,29,31). The van der Waals surface area contributed by atoms with E-state index < -0.39 is 5.91 Å². The molecule has 0 radical (unpaired) electrons. The molecule has 1 N–H and O–H groups in total. The van der Waals surface area contributed by atoms with Crippen molar-refractivity contribution < 1.29 is 9.53 Å². The lowest BCUT2D eigenvalue weighted by molar-refractivity contribution is -0.118. The molecule has 0 aliphatic heterocycles. The fraction of sp³-hybridized carbons (Fsp3) is 0.0870. The highest BCUT2D eigenvalue weighted by atomic mass is 35.5. The van der Waals surface area contributed by atoms with Crippen LogP contribution in [0.25, 0.3) is 10.9 Å². The Bertz CT molecular complexity index is 1420. The zero-order valence-corrected chi connectivity index (χ0v) is 19.8. The summed E-state index contributed by atoms with van der Waals surface area (Å²) in [6, 6.07) is 14.9. The first kappa shape index (κ1) is 23.4.